The molecule has 1 atom stereocenters. The average molecular weight is 202 g/mol. The highest BCUT2D eigenvalue weighted by Gasteiger charge is 2.14. The SMILES string of the molecule is CN(CC(=O)N(C)C)CC(N)C(N)=O. The summed E-state index contributed by atoms with van der Waals surface area (Å²) in [6, 6.07) is -0.727. The van der Waals surface area contributed by atoms with Gasteiger partial charge < -0.3 is 16.4 Å². The smallest absolute Gasteiger partial charge is 0.236 e. The number of carbonyl (C=O) groups excluding carboxylic acids is 2. The lowest BCUT2D eigenvalue weighted by Gasteiger charge is -2.20. The molecule has 1 unspecified atom stereocenters. The van der Waals surface area contributed by atoms with Crippen molar-refractivity contribution in [1.29, 1.82) is 0 Å². The van der Waals surface area contributed by atoms with Gasteiger partial charge >= 0.3 is 0 Å². The van der Waals surface area contributed by atoms with E-state index in [0.29, 0.717) is 0 Å². The summed E-state index contributed by atoms with van der Waals surface area (Å²) in [6.45, 7) is 0.517. The zero-order valence-electron chi connectivity index (χ0n) is 8.86. The van der Waals surface area contributed by atoms with E-state index in [1.165, 1.54) is 4.90 Å². The molecule has 0 fully saturated rings. The van der Waals surface area contributed by atoms with E-state index >= 15 is 0 Å². The van der Waals surface area contributed by atoms with E-state index in [1.54, 1.807) is 26.0 Å². The predicted molar refractivity (Wildman–Crippen MR) is 53.4 cm³/mol. The molecule has 0 aliphatic carbocycles. The molecule has 0 spiro atoms. The number of primary amides is 1. The highest BCUT2D eigenvalue weighted by Crippen LogP contribution is 1.88. The van der Waals surface area contributed by atoms with Crippen molar-refractivity contribution >= 4 is 11.8 Å². The van der Waals surface area contributed by atoms with Crippen LogP contribution in [0.15, 0.2) is 0 Å². The molecular weight excluding hydrogens is 184 g/mol. The number of nitrogens with two attached hydrogens (primary N) is 2. The van der Waals surface area contributed by atoms with Gasteiger partial charge in [0, 0.05) is 20.6 Å². The van der Waals surface area contributed by atoms with Crippen LogP contribution in [0.3, 0.4) is 0 Å². The van der Waals surface area contributed by atoms with Gasteiger partial charge in [-0.2, -0.15) is 0 Å². The third-order valence-corrected chi connectivity index (χ3v) is 1.78. The fourth-order valence-electron chi connectivity index (χ4n) is 0.863. The second-order valence-corrected chi connectivity index (χ2v) is 3.49. The van der Waals surface area contributed by atoms with E-state index in [2.05, 4.69) is 0 Å². The van der Waals surface area contributed by atoms with Crippen molar-refractivity contribution in [3.63, 3.8) is 0 Å². The third-order valence-electron chi connectivity index (χ3n) is 1.78. The Morgan fingerprint density at radius 2 is 1.79 bits per heavy atom. The quantitative estimate of drug-likeness (QED) is 0.530. The van der Waals surface area contributed by atoms with Gasteiger partial charge in [-0.05, 0) is 7.05 Å². The molecule has 0 heterocycles. The molecule has 14 heavy (non-hydrogen) atoms. The minimum atomic E-state index is -0.727. The summed E-state index contributed by atoms with van der Waals surface area (Å²) < 4.78 is 0. The second kappa shape index (κ2) is 5.56. The second-order valence-electron chi connectivity index (χ2n) is 3.49. The summed E-state index contributed by atoms with van der Waals surface area (Å²) in [6.07, 6.45) is 0. The summed E-state index contributed by atoms with van der Waals surface area (Å²) in [4.78, 5) is 25.0. The van der Waals surface area contributed by atoms with Crippen molar-refractivity contribution in [1.82, 2.24) is 9.80 Å². The summed E-state index contributed by atoms with van der Waals surface area (Å²) >= 11 is 0. The number of carbonyl (C=O) groups is 2. The molecule has 0 saturated heterocycles. The van der Waals surface area contributed by atoms with Crippen LogP contribution in [-0.2, 0) is 9.59 Å². The number of rotatable bonds is 5. The lowest BCUT2D eigenvalue weighted by molar-refractivity contribution is -0.130. The van der Waals surface area contributed by atoms with Crippen LogP contribution in [0.4, 0.5) is 0 Å². The van der Waals surface area contributed by atoms with E-state index in [9.17, 15) is 9.59 Å². The number of nitrogens with zero attached hydrogens (tertiary/aromatic N) is 2. The van der Waals surface area contributed by atoms with E-state index in [1.807, 2.05) is 0 Å². The molecule has 0 rings (SSSR count). The number of amides is 2. The summed E-state index contributed by atoms with van der Waals surface area (Å²) in [7, 11) is 5.05. The maximum Gasteiger partial charge on any atom is 0.236 e. The third kappa shape index (κ3) is 4.78. The molecule has 0 aromatic carbocycles. The Morgan fingerprint density at radius 1 is 1.29 bits per heavy atom. The Bertz CT molecular complexity index is 217. The van der Waals surface area contributed by atoms with Crippen LogP contribution in [0.1, 0.15) is 0 Å². The van der Waals surface area contributed by atoms with Crippen molar-refractivity contribution in [2.24, 2.45) is 11.5 Å². The standard InChI is InChI=1S/C8H18N4O2/c1-11(2)7(13)5-12(3)4-6(9)8(10)14/h6H,4-5,9H2,1-3H3,(H2,10,14). The van der Waals surface area contributed by atoms with Crippen LogP contribution in [-0.4, -0.2) is 61.9 Å². The first kappa shape index (κ1) is 12.9. The van der Waals surface area contributed by atoms with Gasteiger partial charge in [-0.25, -0.2) is 0 Å². The van der Waals surface area contributed by atoms with Crippen LogP contribution in [0.5, 0.6) is 0 Å². The molecule has 0 aliphatic rings. The van der Waals surface area contributed by atoms with Crippen LogP contribution >= 0.6 is 0 Å². The molecule has 6 nitrogen and oxygen atoms in total. The minimum absolute atomic E-state index is 0.0378. The lowest BCUT2D eigenvalue weighted by atomic mass is 10.3. The highest BCUT2D eigenvalue weighted by molar-refractivity contribution is 5.80. The van der Waals surface area contributed by atoms with Crippen molar-refractivity contribution in [3.8, 4) is 0 Å². The van der Waals surface area contributed by atoms with E-state index in [-0.39, 0.29) is 19.0 Å². The number of likely N-dealkylation sites (N-methyl/N-ethyl adjacent to an activating group) is 2. The van der Waals surface area contributed by atoms with Crippen molar-refractivity contribution < 1.29 is 9.59 Å². The molecule has 6 heteroatoms. The summed E-state index contributed by atoms with van der Waals surface area (Å²) in [5.41, 5.74) is 10.4. The van der Waals surface area contributed by atoms with Gasteiger partial charge in [-0.3, -0.25) is 14.5 Å². The Balaban J connectivity index is 3.92. The maximum absolute atomic E-state index is 11.2. The van der Waals surface area contributed by atoms with E-state index in [4.69, 9.17) is 11.5 Å². The van der Waals surface area contributed by atoms with E-state index in [0.717, 1.165) is 0 Å². The number of hydrogen-bond acceptors (Lipinski definition) is 4. The van der Waals surface area contributed by atoms with Crippen LogP contribution < -0.4 is 11.5 Å². The molecule has 0 aliphatic heterocycles. The first-order valence-electron chi connectivity index (χ1n) is 4.28. The molecule has 0 bridgehead atoms. The van der Waals surface area contributed by atoms with Crippen molar-refractivity contribution in [3.05, 3.63) is 0 Å². The molecule has 0 saturated carbocycles. The fraction of sp³-hybridized carbons (Fsp3) is 0.750. The van der Waals surface area contributed by atoms with Crippen LogP contribution in [0, 0.1) is 0 Å². The van der Waals surface area contributed by atoms with Gasteiger partial charge in [0.15, 0.2) is 0 Å². The Hall–Kier alpha value is -1.14. The van der Waals surface area contributed by atoms with Crippen LogP contribution in [0.2, 0.25) is 0 Å². The van der Waals surface area contributed by atoms with Gasteiger partial charge in [0.2, 0.25) is 11.8 Å². The van der Waals surface area contributed by atoms with Crippen molar-refractivity contribution in [2.75, 3.05) is 34.2 Å². The van der Waals surface area contributed by atoms with Gasteiger partial charge in [-0.1, -0.05) is 0 Å². The topological polar surface area (TPSA) is 92.7 Å². The van der Waals surface area contributed by atoms with Crippen molar-refractivity contribution in [2.45, 2.75) is 6.04 Å². The molecule has 2 amide bonds. The Labute approximate surface area is 83.8 Å². The molecule has 0 aromatic rings. The lowest BCUT2D eigenvalue weighted by Crippen LogP contribution is -2.47. The average Bonchev–Trinajstić information content (AvgIpc) is 2.03. The van der Waals surface area contributed by atoms with Gasteiger partial charge in [0.1, 0.15) is 0 Å². The molecule has 4 N–H and O–H groups in total. The molecule has 0 aromatic heterocycles. The first-order chi connectivity index (χ1) is 6.34. The highest BCUT2D eigenvalue weighted by atomic mass is 16.2. The normalized spacial score (nSPS) is 12.6. The largest absolute Gasteiger partial charge is 0.368 e. The summed E-state index contributed by atoms with van der Waals surface area (Å²) in [5.74, 6) is -0.599. The zero-order valence-corrected chi connectivity index (χ0v) is 8.86. The molecule has 0 radical (unpaired) electrons. The Kier molecular flexibility index (Phi) is 5.11. The minimum Gasteiger partial charge on any atom is -0.368 e. The van der Waals surface area contributed by atoms with Gasteiger partial charge in [0.25, 0.3) is 0 Å². The fourth-order valence-corrected chi connectivity index (χ4v) is 0.863. The van der Waals surface area contributed by atoms with E-state index < -0.39 is 11.9 Å². The Morgan fingerprint density at radius 3 is 2.14 bits per heavy atom. The van der Waals surface area contributed by atoms with Gasteiger partial charge in [-0.15, -0.1) is 0 Å². The monoisotopic (exact) mass is 202 g/mol. The number of hydrogen-bond donors (Lipinski definition) is 2. The van der Waals surface area contributed by atoms with Crippen LogP contribution in [0.25, 0.3) is 0 Å². The predicted octanol–water partition coefficient (Wildman–Crippen LogP) is -2.18. The van der Waals surface area contributed by atoms with Gasteiger partial charge in [0.05, 0.1) is 12.6 Å². The molecular formula is C8H18N4O2. The zero-order chi connectivity index (χ0) is 11.3. The first-order valence-corrected chi connectivity index (χ1v) is 4.28. The maximum atomic E-state index is 11.2. The molecule has 82 valence electrons. The summed E-state index contributed by atoms with van der Waals surface area (Å²) in [5, 5.41) is 0.